The van der Waals surface area contributed by atoms with Crippen LogP contribution < -0.4 is 0 Å². The van der Waals surface area contributed by atoms with Crippen LogP contribution in [0.15, 0.2) is 170 Å². The van der Waals surface area contributed by atoms with E-state index in [9.17, 15) is 0 Å². The molecule has 0 aliphatic heterocycles. The lowest BCUT2D eigenvalue weighted by Crippen LogP contribution is -2.26. The number of rotatable bonds is 0. The van der Waals surface area contributed by atoms with E-state index in [1.165, 1.54) is 111 Å². The molecule has 5 aliphatic rings. The Morgan fingerprint density at radius 1 is 0.200 bits per heavy atom. The predicted molar refractivity (Wildman–Crippen MR) is 203 cm³/mol. The molecule has 8 bridgehead atoms. The topological polar surface area (TPSA) is 0 Å². The van der Waals surface area contributed by atoms with Crippen molar-refractivity contribution < 1.29 is 0 Å². The Balaban J connectivity index is 1.24. The van der Waals surface area contributed by atoms with Gasteiger partial charge in [0.25, 0.3) is 0 Å². The van der Waals surface area contributed by atoms with Crippen molar-refractivity contribution in [3.05, 3.63) is 214 Å². The molecule has 50 heavy (non-hydrogen) atoms. The van der Waals surface area contributed by atoms with E-state index in [2.05, 4.69) is 170 Å². The SMILES string of the molecule is c1ccc2c(c1)-c1ccc3cc1C21c2ccccc2-c2ccc(cc21)-c1ccc2c(c1)C1(c4ccccc4-c4ccc-3cc41)c1ccccc1-2. The third-order valence-electron chi connectivity index (χ3n) is 12.8. The summed E-state index contributed by atoms with van der Waals surface area (Å²) in [6, 6.07) is 65.7. The van der Waals surface area contributed by atoms with Gasteiger partial charge in [-0.15, -0.1) is 0 Å². The number of hydrogen-bond acceptors (Lipinski definition) is 0. The molecule has 5 aliphatic carbocycles. The van der Waals surface area contributed by atoms with Gasteiger partial charge in [-0.1, -0.05) is 146 Å². The minimum absolute atomic E-state index is 0.391. The zero-order valence-electron chi connectivity index (χ0n) is 27.2. The molecule has 0 nitrogen and oxygen atoms in total. The normalized spacial score (nSPS) is 15.5. The van der Waals surface area contributed by atoms with E-state index < -0.39 is 10.8 Å². The number of hydrogen-bond donors (Lipinski definition) is 0. The molecule has 8 aromatic carbocycles. The summed E-state index contributed by atoms with van der Waals surface area (Å²) < 4.78 is 0. The maximum atomic E-state index is 2.53. The summed E-state index contributed by atoms with van der Waals surface area (Å²) in [4.78, 5) is 0. The van der Waals surface area contributed by atoms with E-state index in [4.69, 9.17) is 0 Å². The van der Waals surface area contributed by atoms with Gasteiger partial charge in [-0.05, 0) is 136 Å². The van der Waals surface area contributed by atoms with Crippen LogP contribution >= 0.6 is 0 Å². The molecule has 13 rings (SSSR count). The average molecular weight is 629 g/mol. The Morgan fingerprint density at radius 3 is 0.680 bits per heavy atom. The molecule has 228 valence electrons. The maximum Gasteiger partial charge on any atom is 0.0725 e. The number of benzene rings is 8. The van der Waals surface area contributed by atoms with Crippen molar-refractivity contribution in [2.24, 2.45) is 0 Å². The first-order valence-electron chi connectivity index (χ1n) is 17.8. The first kappa shape index (κ1) is 25.7. The van der Waals surface area contributed by atoms with Crippen molar-refractivity contribution in [2.45, 2.75) is 10.8 Å². The molecule has 0 amide bonds. The smallest absolute Gasteiger partial charge is 0.0619 e. The highest BCUT2D eigenvalue weighted by molar-refractivity contribution is 6.00. The fraction of sp³-hybridized carbons (Fsp3) is 0.0400. The minimum atomic E-state index is -0.391. The van der Waals surface area contributed by atoms with E-state index in [1.807, 2.05) is 0 Å². The molecule has 0 aromatic heterocycles. The monoisotopic (exact) mass is 628 g/mol. The molecule has 0 heteroatoms. The molecule has 2 spiro atoms. The average Bonchev–Trinajstić information content (AvgIpc) is 3.85. The van der Waals surface area contributed by atoms with Crippen LogP contribution in [0.5, 0.6) is 0 Å². The first-order chi connectivity index (χ1) is 24.8. The van der Waals surface area contributed by atoms with Crippen LogP contribution in [0.1, 0.15) is 44.5 Å². The summed E-state index contributed by atoms with van der Waals surface area (Å²) in [6.45, 7) is 0. The summed E-state index contributed by atoms with van der Waals surface area (Å²) in [5, 5.41) is 0. The number of fused-ring (bicyclic) bond motifs is 14. The highest BCUT2D eigenvalue weighted by Crippen LogP contribution is 2.66. The molecule has 0 atom stereocenters. The second-order valence-electron chi connectivity index (χ2n) is 14.7. The van der Waals surface area contributed by atoms with Crippen molar-refractivity contribution in [1.82, 2.24) is 0 Å². The Hall–Kier alpha value is -6.24. The minimum Gasteiger partial charge on any atom is -0.0619 e. The second-order valence-corrected chi connectivity index (χ2v) is 14.7. The van der Waals surface area contributed by atoms with Crippen molar-refractivity contribution in [1.29, 1.82) is 0 Å². The summed E-state index contributed by atoms with van der Waals surface area (Å²) in [7, 11) is 0. The molecule has 0 saturated carbocycles. The Bertz CT molecular complexity index is 2490. The largest absolute Gasteiger partial charge is 0.0725 e. The quantitative estimate of drug-likeness (QED) is 0.157. The van der Waals surface area contributed by atoms with Crippen LogP contribution in [0.25, 0.3) is 66.8 Å². The van der Waals surface area contributed by atoms with E-state index in [0.29, 0.717) is 0 Å². The zero-order chi connectivity index (χ0) is 32.3. The summed E-state index contributed by atoms with van der Waals surface area (Å²) >= 11 is 0. The molecular weight excluding hydrogens is 601 g/mol. The predicted octanol–water partition coefficient (Wildman–Crippen LogP) is 12.0. The van der Waals surface area contributed by atoms with Gasteiger partial charge in [0.1, 0.15) is 0 Å². The molecule has 0 N–H and O–H groups in total. The van der Waals surface area contributed by atoms with Gasteiger partial charge < -0.3 is 0 Å². The van der Waals surface area contributed by atoms with Gasteiger partial charge in [-0.2, -0.15) is 0 Å². The second kappa shape index (κ2) is 8.48. The van der Waals surface area contributed by atoms with E-state index in [-0.39, 0.29) is 0 Å². The van der Waals surface area contributed by atoms with E-state index in [1.54, 1.807) is 0 Å². The molecule has 0 radical (unpaired) electrons. The van der Waals surface area contributed by atoms with Gasteiger partial charge in [-0.25, -0.2) is 0 Å². The summed E-state index contributed by atoms with van der Waals surface area (Å²) in [5.41, 5.74) is 26.1. The standard InChI is InChI=1S/C50H28/c1-5-13-41-33(9-1)37-21-17-29-25-45(37)49(41)42-14-6-2-10-34(42)38-22-18-30(26-46(38)49)32-20-24-40-36-12-4-8-16-44(36)50(48(40)28-32)43-15-7-3-11-35(43)39-23-19-31(29)27-47(39)50/h1-28H. The van der Waals surface area contributed by atoms with Crippen LogP contribution in [0.3, 0.4) is 0 Å². The fourth-order valence-electron chi connectivity index (χ4n) is 11.0. The molecule has 0 saturated heterocycles. The van der Waals surface area contributed by atoms with Crippen LogP contribution in [-0.4, -0.2) is 0 Å². The van der Waals surface area contributed by atoms with E-state index >= 15 is 0 Å². The lowest BCUT2D eigenvalue weighted by molar-refractivity contribution is 0.791. The van der Waals surface area contributed by atoms with Gasteiger partial charge in [0, 0.05) is 0 Å². The van der Waals surface area contributed by atoms with E-state index in [0.717, 1.165) is 0 Å². The van der Waals surface area contributed by atoms with Crippen molar-refractivity contribution >= 4 is 0 Å². The zero-order valence-corrected chi connectivity index (χ0v) is 27.2. The third-order valence-corrected chi connectivity index (χ3v) is 12.8. The van der Waals surface area contributed by atoms with Crippen molar-refractivity contribution in [3.8, 4) is 66.8 Å². The first-order valence-corrected chi connectivity index (χ1v) is 17.8. The Kier molecular flexibility index (Phi) is 4.37. The molecular formula is C50H28. The van der Waals surface area contributed by atoms with Crippen molar-refractivity contribution in [2.75, 3.05) is 0 Å². The maximum absolute atomic E-state index is 2.53. The highest BCUT2D eigenvalue weighted by Gasteiger charge is 2.54. The lowest BCUT2D eigenvalue weighted by atomic mass is 9.68. The Labute approximate surface area is 291 Å². The van der Waals surface area contributed by atoms with Gasteiger partial charge in [0.15, 0.2) is 0 Å². The van der Waals surface area contributed by atoms with Crippen LogP contribution in [0, 0.1) is 0 Å². The highest BCUT2D eigenvalue weighted by atomic mass is 14.5. The van der Waals surface area contributed by atoms with Gasteiger partial charge in [-0.3, -0.25) is 0 Å². The van der Waals surface area contributed by atoms with Crippen LogP contribution in [0.2, 0.25) is 0 Å². The molecule has 0 unspecified atom stereocenters. The van der Waals surface area contributed by atoms with Gasteiger partial charge in [0.2, 0.25) is 0 Å². The molecule has 0 fully saturated rings. The summed E-state index contributed by atoms with van der Waals surface area (Å²) in [6.07, 6.45) is 0. The molecule has 0 heterocycles. The summed E-state index contributed by atoms with van der Waals surface area (Å²) in [5.74, 6) is 0. The van der Waals surface area contributed by atoms with Crippen molar-refractivity contribution in [3.63, 3.8) is 0 Å². The fourth-order valence-corrected chi connectivity index (χ4v) is 11.0. The van der Waals surface area contributed by atoms with Gasteiger partial charge >= 0.3 is 0 Å². The molecule has 8 aromatic rings. The Morgan fingerprint density at radius 2 is 0.420 bits per heavy atom. The van der Waals surface area contributed by atoms with Gasteiger partial charge in [0.05, 0.1) is 10.8 Å². The van der Waals surface area contributed by atoms with Crippen LogP contribution in [0.4, 0.5) is 0 Å². The lowest BCUT2D eigenvalue weighted by Gasteiger charge is -2.32. The third kappa shape index (κ3) is 2.65. The van der Waals surface area contributed by atoms with Crippen LogP contribution in [-0.2, 0) is 10.8 Å².